The Bertz CT molecular complexity index is 563. The first-order valence-electron chi connectivity index (χ1n) is 8.94. The molecule has 2 aliphatic rings. The summed E-state index contributed by atoms with van der Waals surface area (Å²) in [7, 11) is 2.34. The molecule has 0 aromatic heterocycles. The SMILES string of the molecule is CCOC(=O)CC[C@@H]1CC2(COCO2)[C@@H](C(C(=O)OC)C(=O)OC)CC1=O. The number of carbonyl (C=O) groups is 4. The summed E-state index contributed by atoms with van der Waals surface area (Å²) in [5.74, 6) is -4.54. The maximum Gasteiger partial charge on any atom is 0.320 e. The van der Waals surface area contributed by atoms with E-state index in [1.54, 1.807) is 6.92 Å². The van der Waals surface area contributed by atoms with E-state index in [2.05, 4.69) is 0 Å². The van der Waals surface area contributed by atoms with E-state index in [1.807, 2.05) is 0 Å². The summed E-state index contributed by atoms with van der Waals surface area (Å²) in [5.41, 5.74) is -0.986. The van der Waals surface area contributed by atoms with Crippen LogP contribution >= 0.6 is 0 Å². The molecule has 152 valence electrons. The Morgan fingerprint density at radius 1 is 1.22 bits per heavy atom. The lowest BCUT2D eigenvalue weighted by Crippen LogP contribution is -2.55. The molecule has 2 fully saturated rings. The van der Waals surface area contributed by atoms with Crippen molar-refractivity contribution in [1.29, 1.82) is 0 Å². The number of ether oxygens (including phenoxy) is 5. The highest BCUT2D eigenvalue weighted by molar-refractivity contribution is 5.96. The van der Waals surface area contributed by atoms with Crippen LogP contribution in [0.2, 0.25) is 0 Å². The number of carbonyl (C=O) groups excluding carboxylic acids is 4. The van der Waals surface area contributed by atoms with E-state index in [4.69, 9.17) is 23.7 Å². The molecule has 0 amide bonds. The van der Waals surface area contributed by atoms with Gasteiger partial charge < -0.3 is 23.7 Å². The molecule has 0 aromatic carbocycles. The molecule has 27 heavy (non-hydrogen) atoms. The molecule has 1 saturated heterocycles. The predicted octanol–water partition coefficient (Wildman–Crippen LogP) is 0.630. The van der Waals surface area contributed by atoms with Gasteiger partial charge in [0, 0.05) is 24.7 Å². The molecular formula is C18H26O9. The van der Waals surface area contributed by atoms with E-state index >= 15 is 0 Å². The van der Waals surface area contributed by atoms with E-state index in [9.17, 15) is 19.2 Å². The summed E-state index contributed by atoms with van der Waals surface area (Å²) >= 11 is 0. The lowest BCUT2D eigenvalue weighted by atomic mass is 9.64. The highest BCUT2D eigenvalue weighted by Crippen LogP contribution is 2.46. The third-order valence-electron chi connectivity index (χ3n) is 5.24. The summed E-state index contributed by atoms with van der Waals surface area (Å²) in [6.45, 7) is 2.14. The third kappa shape index (κ3) is 4.65. The number of hydrogen-bond donors (Lipinski definition) is 0. The Kier molecular flexibility index (Phi) is 7.32. The molecular weight excluding hydrogens is 360 g/mol. The minimum atomic E-state index is -1.28. The summed E-state index contributed by atoms with van der Waals surface area (Å²) in [4.78, 5) is 48.8. The van der Waals surface area contributed by atoms with Crippen molar-refractivity contribution in [2.75, 3.05) is 34.2 Å². The quantitative estimate of drug-likeness (QED) is 0.353. The van der Waals surface area contributed by atoms with E-state index in [0.717, 1.165) is 0 Å². The van der Waals surface area contributed by atoms with Crippen LogP contribution in [0.4, 0.5) is 0 Å². The Labute approximate surface area is 157 Å². The van der Waals surface area contributed by atoms with Crippen molar-refractivity contribution in [2.45, 2.75) is 38.2 Å². The van der Waals surface area contributed by atoms with Crippen LogP contribution in [0.5, 0.6) is 0 Å². The van der Waals surface area contributed by atoms with Crippen molar-refractivity contribution < 1.29 is 42.9 Å². The Morgan fingerprint density at radius 2 is 1.89 bits per heavy atom. The lowest BCUT2D eigenvalue weighted by Gasteiger charge is -2.43. The highest BCUT2D eigenvalue weighted by atomic mass is 16.7. The normalized spacial score (nSPS) is 27.6. The first-order valence-corrected chi connectivity index (χ1v) is 8.94. The predicted molar refractivity (Wildman–Crippen MR) is 89.2 cm³/mol. The number of esters is 3. The topological polar surface area (TPSA) is 114 Å². The van der Waals surface area contributed by atoms with Crippen LogP contribution in [0.25, 0.3) is 0 Å². The smallest absolute Gasteiger partial charge is 0.320 e. The largest absolute Gasteiger partial charge is 0.468 e. The lowest BCUT2D eigenvalue weighted by molar-refractivity contribution is -0.173. The number of rotatable bonds is 7. The maximum atomic E-state index is 12.7. The zero-order chi connectivity index (χ0) is 20.0. The molecule has 0 aromatic rings. The van der Waals surface area contributed by atoms with Gasteiger partial charge >= 0.3 is 17.9 Å². The van der Waals surface area contributed by atoms with Gasteiger partial charge in [-0.1, -0.05) is 0 Å². The fraction of sp³-hybridized carbons (Fsp3) is 0.778. The van der Waals surface area contributed by atoms with Crippen molar-refractivity contribution in [3.63, 3.8) is 0 Å². The number of methoxy groups -OCH3 is 2. The zero-order valence-corrected chi connectivity index (χ0v) is 15.9. The van der Waals surface area contributed by atoms with Crippen molar-refractivity contribution in [2.24, 2.45) is 17.8 Å². The van der Waals surface area contributed by atoms with Gasteiger partial charge in [-0.2, -0.15) is 0 Å². The highest BCUT2D eigenvalue weighted by Gasteiger charge is 2.57. The number of ketones is 1. The molecule has 1 saturated carbocycles. The Hall–Kier alpha value is -2.00. The van der Waals surface area contributed by atoms with Crippen LogP contribution in [0, 0.1) is 17.8 Å². The molecule has 2 rings (SSSR count). The summed E-state index contributed by atoms with van der Waals surface area (Å²) in [6, 6.07) is 0. The second-order valence-electron chi connectivity index (χ2n) is 6.72. The van der Waals surface area contributed by atoms with Crippen molar-refractivity contribution in [1.82, 2.24) is 0 Å². The van der Waals surface area contributed by atoms with Crippen molar-refractivity contribution in [3.8, 4) is 0 Å². The summed E-state index contributed by atoms with van der Waals surface area (Å²) in [6.07, 6.45) is 0.617. The van der Waals surface area contributed by atoms with E-state index in [-0.39, 0.29) is 51.0 Å². The summed E-state index contributed by atoms with van der Waals surface area (Å²) < 4.78 is 25.6. The molecule has 1 aliphatic heterocycles. The van der Waals surface area contributed by atoms with Gasteiger partial charge in [-0.05, 0) is 19.8 Å². The van der Waals surface area contributed by atoms with Gasteiger partial charge in [-0.3, -0.25) is 19.2 Å². The van der Waals surface area contributed by atoms with E-state index < -0.39 is 35.3 Å². The average Bonchev–Trinajstić information content (AvgIpc) is 3.12. The maximum absolute atomic E-state index is 12.7. The first kappa shape index (κ1) is 21.3. The van der Waals surface area contributed by atoms with Crippen LogP contribution in [0.15, 0.2) is 0 Å². The molecule has 1 spiro atoms. The minimum Gasteiger partial charge on any atom is -0.468 e. The molecule has 0 radical (unpaired) electrons. The summed E-state index contributed by atoms with van der Waals surface area (Å²) in [5, 5.41) is 0. The van der Waals surface area contributed by atoms with Crippen LogP contribution in [0.3, 0.4) is 0 Å². The molecule has 3 atom stereocenters. The van der Waals surface area contributed by atoms with Gasteiger partial charge in [-0.15, -0.1) is 0 Å². The standard InChI is InChI=1S/C18H26O9/c1-4-26-14(20)6-5-11-8-18(9-25-10-27-18)12(7-13(11)19)15(16(21)23-2)17(22)24-3/h11-12,15H,4-10H2,1-3H3/t11-,12-,18?/m1/s1. The van der Waals surface area contributed by atoms with Gasteiger partial charge in [0.1, 0.15) is 12.6 Å². The average molecular weight is 386 g/mol. The Balaban J connectivity index is 2.22. The minimum absolute atomic E-state index is 0.00432. The molecule has 1 aliphatic carbocycles. The number of hydrogen-bond acceptors (Lipinski definition) is 9. The van der Waals surface area contributed by atoms with E-state index in [1.165, 1.54) is 14.2 Å². The van der Waals surface area contributed by atoms with E-state index in [0.29, 0.717) is 6.42 Å². The van der Waals surface area contributed by atoms with Gasteiger partial charge in [0.2, 0.25) is 0 Å². The van der Waals surface area contributed by atoms with Crippen LogP contribution in [-0.2, 0) is 42.9 Å². The first-order chi connectivity index (χ1) is 12.9. The molecule has 1 unspecified atom stereocenters. The molecule has 1 heterocycles. The fourth-order valence-electron chi connectivity index (χ4n) is 3.89. The van der Waals surface area contributed by atoms with Crippen LogP contribution in [-0.4, -0.2) is 63.5 Å². The fourth-order valence-corrected chi connectivity index (χ4v) is 3.89. The second-order valence-corrected chi connectivity index (χ2v) is 6.72. The van der Waals surface area contributed by atoms with Crippen LogP contribution < -0.4 is 0 Å². The zero-order valence-electron chi connectivity index (χ0n) is 15.9. The number of Topliss-reactive ketones (excluding diaryl/α,β-unsaturated/α-hetero) is 1. The Morgan fingerprint density at radius 3 is 2.41 bits per heavy atom. The monoisotopic (exact) mass is 386 g/mol. The van der Waals surface area contributed by atoms with Crippen molar-refractivity contribution in [3.05, 3.63) is 0 Å². The van der Waals surface area contributed by atoms with Gasteiger partial charge in [0.05, 0.1) is 33.0 Å². The second kappa shape index (κ2) is 9.27. The van der Waals surface area contributed by atoms with Crippen molar-refractivity contribution >= 4 is 23.7 Å². The van der Waals surface area contributed by atoms with Gasteiger partial charge in [0.15, 0.2) is 5.92 Å². The van der Waals surface area contributed by atoms with Gasteiger partial charge in [0.25, 0.3) is 0 Å². The van der Waals surface area contributed by atoms with Crippen LogP contribution in [0.1, 0.15) is 32.6 Å². The molecule has 9 heteroatoms. The molecule has 0 bridgehead atoms. The molecule has 9 nitrogen and oxygen atoms in total. The molecule has 0 N–H and O–H groups in total. The van der Waals surface area contributed by atoms with Gasteiger partial charge in [-0.25, -0.2) is 0 Å². The third-order valence-corrected chi connectivity index (χ3v) is 5.24.